The smallest absolute Gasteiger partial charge is 0.252 e. The molecule has 1 saturated heterocycles. The van der Waals surface area contributed by atoms with Crippen LogP contribution in [0.25, 0.3) is 0 Å². The van der Waals surface area contributed by atoms with E-state index in [1.165, 1.54) is 11.8 Å². The molecule has 1 aliphatic rings. The first-order valence-electron chi connectivity index (χ1n) is 8.55. The molecule has 0 bridgehead atoms. The van der Waals surface area contributed by atoms with E-state index in [9.17, 15) is 14.4 Å². The normalized spacial score (nSPS) is 16.7. The lowest BCUT2D eigenvalue weighted by atomic mass is 10.1. The second kappa shape index (κ2) is 7.82. The van der Waals surface area contributed by atoms with Crippen LogP contribution in [0.1, 0.15) is 18.9 Å². The molecule has 134 valence electrons. The zero-order valence-electron chi connectivity index (χ0n) is 14.6. The molecule has 0 saturated carbocycles. The first-order chi connectivity index (χ1) is 12.5. The third-order valence-corrected chi connectivity index (χ3v) is 4.26. The largest absolute Gasteiger partial charge is 0.373 e. The van der Waals surface area contributed by atoms with Crippen LogP contribution in [-0.2, 0) is 20.8 Å². The Kier molecular flexibility index (Phi) is 5.31. The molecule has 2 aromatic carbocycles. The topological polar surface area (TPSA) is 78.5 Å². The molecule has 26 heavy (non-hydrogen) atoms. The van der Waals surface area contributed by atoms with Gasteiger partial charge in [-0.25, -0.2) is 0 Å². The molecule has 1 atom stereocenters. The number of nitrogens with one attached hydrogen (secondary N) is 2. The van der Waals surface area contributed by atoms with Gasteiger partial charge in [0.2, 0.25) is 11.8 Å². The number of benzene rings is 2. The van der Waals surface area contributed by atoms with E-state index in [0.29, 0.717) is 18.7 Å². The zero-order chi connectivity index (χ0) is 18.5. The van der Waals surface area contributed by atoms with Gasteiger partial charge in [0.25, 0.3) is 5.91 Å². The molecule has 3 amide bonds. The SMILES string of the molecule is CC(=O)Nc1ccc(NC2CC(=O)N(CCc3ccccc3)C2=O)cc1. The number of likely N-dealkylation sites (tertiary alicyclic amines) is 1. The minimum Gasteiger partial charge on any atom is -0.373 e. The monoisotopic (exact) mass is 351 g/mol. The molecule has 0 radical (unpaired) electrons. The van der Waals surface area contributed by atoms with Crippen LogP contribution in [0.3, 0.4) is 0 Å². The number of anilines is 2. The maximum Gasteiger partial charge on any atom is 0.252 e. The van der Waals surface area contributed by atoms with E-state index in [1.807, 2.05) is 30.3 Å². The lowest BCUT2D eigenvalue weighted by Crippen LogP contribution is -2.36. The molecule has 1 aliphatic heterocycles. The van der Waals surface area contributed by atoms with E-state index in [1.54, 1.807) is 24.3 Å². The van der Waals surface area contributed by atoms with E-state index in [-0.39, 0.29) is 24.1 Å². The summed E-state index contributed by atoms with van der Waals surface area (Å²) in [4.78, 5) is 37.1. The molecular weight excluding hydrogens is 330 g/mol. The fraction of sp³-hybridized carbons (Fsp3) is 0.250. The first kappa shape index (κ1) is 17.7. The number of rotatable bonds is 6. The Morgan fingerprint density at radius 2 is 1.69 bits per heavy atom. The fourth-order valence-electron chi connectivity index (χ4n) is 2.97. The third kappa shape index (κ3) is 4.27. The van der Waals surface area contributed by atoms with E-state index >= 15 is 0 Å². The molecule has 2 aromatic rings. The van der Waals surface area contributed by atoms with E-state index < -0.39 is 6.04 Å². The molecule has 0 aromatic heterocycles. The van der Waals surface area contributed by atoms with Gasteiger partial charge >= 0.3 is 0 Å². The fourth-order valence-corrected chi connectivity index (χ4v) is 2.97. The van der Waals surface area contributed by atoms with Crippen LogP contribution < -0.4 is 10.6 Å². The number of carbonyl (C=O) groups excluding carboxylic acids is 3. The lowest BCUT2D eigenvalue weighted by molar-refractivity contribution is -0.138. The van der Waals surface area contributed by atoms with Crippen molar-refractivity contribution in [3.05, 3.63) is 60.2 Å². The molecular formula is C20H21N3O3. The van der Waals surface area contributed by atoms with Crippen molar-refractivity contribution in [1.29, 1.82) is 0 Å². The summed E-state index contributed by atoms with van der Waals surface area (Å²) in [6.07, 6.45) is 0.803. The Morgan fingerprint density at radius 3 is 2.35 bits per heavy atom. The molecule has 6 heteroatoms. The Morgan fingerprint density at radius 1 is 1.04 bits per heavy atom. The van der Waals surface area contributed by atoms with Gasteiger partial charge in [0.1, 0.15) is 6.04 Å². The Hall–Kier alpha value is -3.15. The summed E-state index contributed by atoms with van der Waals surface area (Å²) in [5, 5.41) is 5.79. The number of amides is 3. The molecule has 3 rings (SSSR count). The second-order valence-corrected chi connectivity index (χ2v) is 6.28. The van der Waals surface area contributed by atoms with Gasteiger partial charge in [-0.3, -0.25) is 19.3 Å². The van der Waals surface area contributed by atoms with Crippen LogP contribution in [-0.4, -0.2) is 35.2 Å². The lowest BCUT2D eigenvalue weighted by Gasteiger charge is -2.16. The average Bonchev–Trinajstić information content (AvgIpc) is 2.89. The first-order valence-corrected chi connectivity index (χ1v) is 8.55. The minimum atomic E-state index is -0.551. The van der Waals surface area contributed by atoms with Crippen molar-refractivity contribution < 1.29 is 14.4 Å². The number of carbonyl (C=O) groups is 3. The Bertz CT molecular complexity index is 803. The minimum absolute atomic E-state index is 0.142. The predicted molar refractivity (Wildman–Crippen MR) is 99.6 cm³/mol. The van der Waals surface area contributed by atoms with Gasteiger partial charge in [0.15, 0.2) is 0 Å². The van der Waals surface area contributed by atoms with Gasteiger partial charge in [0, 0.05) is 24.8 Å². The van der Waals surface area contributed by atoms with Gasteiger partial charge in [0.05, 0.1) is 6.42 Å². The van der Waals surface area contributed by atoms with Crippen molar-refractivity contribution in [2.24, 2.45) is 0 Å². The average molecular weight is 351 g/mol. The molecule has 2 N–H and O–H groups in total. The second-order valence-electron chi connectivity index (χ2n) is 6.28. The number of imide groups is 1. The van der Waals surface area contributed by atoms with Gasteiger partial charge < -0.3 is 10.6 Å². The van der Waals surface area contributed by atoms with E-state index in [4.69, 9.17) is 0 Å². The van der Waals surface area contributed by atoms with Crippen LogP contribution in [0, 0.1) is 0 Å². The van der Waals surface area contributed by atoms with Crippen molar-refractivity contribution in [2.75, 3.05) is 17.2 Å². The number of hydrogen-bond acceptors (Lipinski definition) is 4. The molecule has 1 fully saturated rings. The quantitative estimate of drug-likeness (QED) is 0.784. The van der Waals surface area contributed by atoms with Crippen LogP contribution in [0.15, 0.2) is 54.6 Å². The highest BCUT2D eigenvalue weighted by molar-refractivity contribution is 6.06. The third-order valence-electron chi connectivity index (χ3n) is 4.26. The van der Waals surface area contributed by atoms with Crippen molar-refractivity contribution in [3.8, 4) is 0 Å². The highest BCUT2D eigenvalue weighted by Gasteiger charge is 2.38. The predicted octanol–water partition coefficient (Wildman–Crippen LogP) is 2.43. The molecule has 0 aliphatic carbocycles. The zero-order valence-corrected chi connectivity index (χ0v) is 14.6. The van der Waals surface area contributed by atoms with Crippen LogP contribution in [0.4, 0.5) is 11.4 Å². The van der Waals surface area contributed by atoms with Crippen molar-refractivity contribution in [1.82, 2.24) is 4.90 Å². The van der Waals surface area contributed by atoms with Crippen molar-refractivity contribution >= 4 is 29.1 Å². The summed E-state index contributed by atoms with van der Waals surface area (Å²) in [5.74, 6) is -0.494. The molecule has 1 unspecified atom stereocenters. The van der Waals surface area contributed by atoms with Crippen molar-refractivity contribution in [2.45, 2.75) is 25.8 Å². The molecule has 6 nitrogen and oxygen atoms in total. The summed E-state index contributed by atoms with van der Waals surface area (Å²) in [6.45, 7) is 1.83. The summed E-state index contributed by atoms with van der Waals surface area (Å²) >= 11 is 0. The van der Waals surface area contributed by atoms with Crippen LogP contribution in [0.2, 0.25) is 0 Å². The van der Waals surface area contributed by atoms with Gasteiger partial charge in [-0.1, -0.05) is 30.3 Å². The van der Waals surface area contributed by atoms with E-state index in [2.05, 4.69) is 10.6 Å². The van der Waals surface area contributed by atoms with E-state index in [0.717, 1.165) is 11.3 Å². The van der Waals surface area contributed by atoms with Gasteiger partial charge in [-0.05, 0) is 36.2 Å². The van der Waals surface area contributed by atoms with Crippen molar-refractivity contribution in [3.63, 3.8) is 0 Å². The number of nitrogens with zero attached hydrogens (tertiary/aromatic N) is 1. The standard InChI is InChI=1S/C20H21N3O3/c1-14(24)21-16-7-9-17(10-8-16)22-18-13-19(25)23(20(18)26)12-11-15-5-3-2-4-6-15/h2-10,18,22H,11-13H2,1H3,(H,21,24). The maximum atomic E-state index is 12.5. The highest BCUT2D eigenvalue weighted by atomic mass is 16.2. The van der Waals surface area contributed by atoms with Crippen LogP contribution >= 0.6 is 0 Å². The Balaban J connectivity index is 1.58. The summed E-state index contributed by atoms with van der Waals surface area (Å²) in [7, 11) is 0. The molecule has 0 spiro atoms. The summed E-state index contributed by atoms with van der Waals surface area (Å²) in [6, 6.07) is 16.3. The summed E-state index contributed by atoms with van der Waals surface area (Å²) < 4.78 is 0. The van der Waals surface area contributed by atoms with Crippen LogP contribution in [0.5, 0.6) is 0 Å². The summed E-state index contributed by atoms with van der Waals surface area (Å²) in [5.41, 5.74) is 2.51. The Labute approximate surface area is 152 Å². The van der Waals surface area contributed by atoms with Gasteiger partial charge in [-0.2, -0.15) is 0 Å². The maximum absolute atomic E-state index is 12.5. The van der Waals surface area contributed by atoms with Gasteiger partial charge in [-0.15, -0.1) is 0 Å². The number of hydrogen-bond donors (Lipinski definition) is 2. The highest BCUT2D eigenvalue weighted by Crippen LogP contribution is 2.20. The molecule has 1 heterocycles.